The molecule has 12 heavy (non-hydrogen) atoms. The summed E-state index contributed by atoms with van der Waals surface area (Å²) >= 11 is 3.27. The van der Waals surface area contributed by atoms with Crippen molar-refractivity contribution in [1.29, 1.82) is 0 Å². The van der Waals surface area contributed by atoms with Crippen molar-refractivity contribution in [3.8, 4) is 0 Å². The number of aromatic nitrogens is 2. The van der Waals surface area contributed by atoms with E-state index in [9.17, 15) is 9.59 Å². The summed E-state index contributed by atoms with van der Waals surface area (Å²) in [4.78, 5) is 26.6. The molecule has 0 amide bonds. The first-order valence-electron chi connectivity index (χ1n) is 3.49. The number of nitrogens with one attached hydrogen (secondary N) is 2. The second kappa shape index (κ2) is 3.26. The third-order valence-electron chi connectivity index (χ3n) is 1.57. The molecule has 0 saturated heterocycles. The predicted molar refractivity (Wildman–Crippen MR) is 49.8 cm³/mol. The van der Waals surface area contributed by atoms with E-state index in [2.05, 4.69) is 25.9 Å². The highest BCUT2D eigenvalue weighted by molar-refractivity contribution is 9.09. The van der Waals surface area contributed by atoms with E-state index in [1.807, 2.05) is 6.92 Å². The van der Waals surface area contributed by atoms with Gasteiger partial charge in [0.15, 0.2) is 0 Å². The molecule has 2 N–H and O–H groups in total. The largest absolute Gasteiger partial charge is 0.325 e. The number of rotatable bonds is 1. The quantitative estimate of drug-likeness (QED) is 0.705. The molecule has 0 aliphatic carbocycles. The van der Waals surface area contributed by atoms with Crippen LogP contribution in [0.2, 0.25) is 0 Å². The fraction of sp³-hybridized carbons (Fsp3) is 0.429. The molecule has 0 fully saturated rings. The lowest BCUT2D eigenvalue weighted by molar-refractivity contribution is 0.917. The molecule has 0 spiro atoms. The first-order valence-corrected chi connectivity index (χ1v) is 4.41. The average molecular weight is 233 g/mol. The average Bonchev–Trinajstić information content (AvgIpc) is 1.82. The minimum Gasteiger partial charge on any atom is -0.311 e. The smallest absolute Gasteiger partial charge is 0.311 e. The van der Waals surface area contributed by atoms with Gasteiger partial charge in [-0.3, -0.25) is 9.78 Å². The van der Waals surface area contributed by atoms with Crippen LogP contribution in [0.15, 0.2) is 9.59 Å². The molecular formula is C7H9BrN2O2. The zero-order valence-corrected chi connectivity index (χ0v) is 8.36. The van der Waals surface area contributed by atoms with Gasteiger partial charge in [0.2, 0.25) is 0 Å². The predicted octanol–water partition coefficient (Wildman–Crippen LogP) is 0.828. The molecular weight excluding hydrogens is 224 g/mol. The Labute approximate surface area is 77.2 Å². The molecule has 1 aromatic rings. The van der Waals surface area contributed by atoms with E-state index < -0.39 is 5.69 Å². The maximum Gasteiger partial charge on any atom is 0.325 e. The van der Waals surface area contributed by atoms with Crippen LogP contribution < -0.4 is 11.2 Å². The van der Waals surface area contributed by atoms with Crippen LogP contribution in [0.5, 0.6) is 0 Å². The van der Waals surface area contributed by atoms with Gasteiger partial charge in [0.1, 0.15) is 0 Å². The van der Waals surface area contributed by atoms with Crippen molar-refractivity contribution in [2.45, 2.75) is 18.7 Å². The van der Waals surface area contributed by atoms with Gasteiger partial charge in [0.25, 0.3) is 5.56 Å². The molecule has 66 valence electrons. The fourth-order valence-corrected chi connectivity index (χ4v) is 1.64. The summed E-state index contributed by atoms with van der Waals surface area (Å²) in [6, 6.07) is 0. The number of halogens is 1. The van der Waals surface area contributed by atoms with Crippen LogP contribution in [0.25, 0.3) is 0 Å². The van der Waals surface area contributed by atoms with Crippen molar-refractivity contribution in [2.75, 3.05) is 0 Å². The van der Waals surface area contributed by atoms with Gasteiger partial charge in [0, 0.05) is 16.1 Å². The first kappa shape index (κ1) is 9.25. The molecule has 0 radical (unpaired) electrons. The van der Waals surface area contributed by atoms with Crippen LogP contribution in [0.4, 0.5) is 0 Å². The molecule has 5 heteroatoms. The lowest BCUT2D eigenvalue weighted by Gasteiger charge is -2.04. The standard InChI is InChI=1S/C7H9BrN2O2/c1-3(8)5-4(2)9-7(12)10-6(5)11/h3H,1-2H3,(H2,9,10,11,12). The van der Waals surface area contributed by atoms with E-state index in [-0.39, 0.29) is 10.4 Å². The van der Waals surface area contributed by atoms with E-state index in [1.54, 1.807) is 6.92 Å². The SMILES string of the molecule is Cc1[nH]c(=O)[nH]c(=O)c1C(C)Br. The van der Waals surface area contributed by atoms with Crippen molar-refractivity contribution in [3.05, 3.63) is 32.1 Å². The van der Waals surface area contributed by atoms with Gasteiger partial charge in [-0.1, -0.05) is 15.9 Å². The van der Waals surface area contributed by atoms with Crippen molar-refractivity contribution < 1.29 is 0 Å². The van der Waals surface area contributed by atoms with Crippen LogP contribution in [0, 0.1) is 6.92 Å². The Morgan fingerprint density at radius 2 is 1.92 bits per heavy atom. The molecule has 1 aromatic heterocycles. The van der Waals surface area contributed by atoms with E-state index >= 15 is 0 Å². The van der Waals surface area contributed by atoms with Crippen LogP contribution in [-0.2, 0) is 0 Å². The summed E-state index contributed by atoms with van der Waals surface area (Å²) in [6.07, 6.45) is 0. The van der Waals surface area contributed by atoms with Gasteiger partial charge < -0.3 is 4.98 Å². The highest BCUT2D eigenvalue weighted by Gasteiger charge is 2.10. The lowest BCUT2D eigenvalue weighted by atomic mass is 10.2. The number of hydrogen-bond donors (Lipinski definition) is 2. The Bertz CT molecular complexity index is 391. The van der Waals surface area contributed by atoms with E-state index in [4.69, 9.17) is 0 Å². The summed E-state index contributed by atoms with van der Waals surface area (Å²) in [5, 5.41) is 0. The monoisotopic (exact) mass is 232 g/mol. The highest BCUT2D eigenvalue weighted by atomic mass is 79.9. The van der Waals surface area contributed by atoms with Gasteiger partial charge in [-0.15, -0.1) is 0 Å². The van der Waals surface area contributed by atoms with Gasteiger partial charge in [0.05, 0.1) is 0 Å². The van der Waals surface area contributed by atoms with Crippen molar-refractivity contribution in [2.24, 2.45) is 0 Å². The summed E-state index contributed by atoms with van der Waals surface area (Å²) in [6.45, 7) is 3.53. The fourth-order valence-electron chi connectivity index (χ4n) is 1.09. The van der Waals surface area contributed by atoms with Gasteiger partial charge in [-0.25, -0.2) is 4.79 Å². The Kier molecular flexibility index (Phi) is 2.52. The number of H-pyrrole nitrogens is 2. The second-order valence-corrected chi connectivity index (χ2v) is 3.94. The molecule has 1 unspecified atom stereocenters. The van der Waals surface area contributed by atoms with Crippen LogP contribution in [0.3, 0.4) is 0 Å². The molecule has 0 aliphatic heterocycles. The minimum absolute atomic E-state index is 0.0573. The maximum atomic E-state index is 11.2. The molecule has 1 rings (SSSR count). The molecule has 0 bridgehead atoms. The number of aryl methyl sites for hydroxylation is 1. The highest BCUT2D eigenvalue weighted by Crippen LogP contribution is 2.18. The Balaban J connectivity index is 3.49. The maximum absolute atomic E-state index is 11.2. The van der Waals surface area contributed by atoms with Gasteiger partial charge >= 0.3 is 5.69 Å². The summed E-state index contributed by atoms with van der Waals surface area (Å²) in [5.74, 6) is 0. The van der Waals surface area contributed by atoms with Crippen molar-refractivity contribution in [3.63, 3.8) is 0 Å². The third-order valence-corrected chi connectivity index (χ3v) is 2.03. The number of alkyl halides is 1. The molecule has 0 saturated carbocycles. The minimum atomic E-state index is -0.464. The molecule has 1 atom stereocenters. The first-order chi connectivity index (χ1) is 5.52. The third kappa shape index (κ3) is 1.66. The van der Waals surface area contributed by atoms with Crippen LogP contribution in [-0.4, -0.2) is 9.97 Å². The molecule has 1 heterocycles. The van der Waals surface area contributed by atoms with Crippen molar-refractivity contribution in [1.82, 2.24) is 9.97 Å². The summed E-state index contributed by atoms with van der Waals surface area (Å²) in [5.41, 5.74) is 0.373. The summed E-state index contributed by atoms with van der Waals surface area (Å²) < 4.78 is 0. The zero-order valence-electron chi connectivity index (χ0n) is 6.77. The molecule has 0 aromatic carbocycles. The Morgan fingerprint density at radius 1 is 1.33 bits per heavy atom. The van der Waals surface area contributed by atoms with E-state index in [1.165, 1.54) is 0 Å². The molecule has 4 nitrogen and oxygen atoms in total. The van der Waals surface area contributed by atoms with E-state index in [0.717, 1.165) is 0 Å². The lowest BCUT2D eigenvalue weighted by Crippen LogP contribution is -2.27. The Hall–Kier alpha value is -0.840. The van der Waals surface area contributed by atoms with Gasteiger partial charge in [-0.2, -0.15) is 0 Å². The zero-order chi connectivity index (χ0) is 9.30. The van der Waals surface area contributed by atoms with Crippen molar-refractivity contribution >= 4 is 15.9 Å². The van der Waals surface area contributed by atoms with E-state index in [0.29, 0.717) is 11.3 Å². The summed E-state index contributed by atoms with van der Waals surface area (Å²) in [7, 11) is 0. The number of aromatic amines is 2. The normalized spacial score (nSPS) is 12.9. The topological polar surface area (TPSA) is 65.7 Å². The van der Waals surface area contributed by atoms with Crippen LogP contribution in [0.1, 0.15) is 23.0 Å². The molecule has 0 aliphatic rings. The van der Waals surface area contributed by atoms with Gasteiger partial charge in [-0.05, 0) is 13.8 Å². The number of hydrogen-bond acceptors (Lipinski definition) is 2. The van der Waals surface area contributed by atoms with Crippen LogP contribution >= 0.6 is 15.9 Å². The second-order valence-electron chi connectivity index (χ2n) is 2.56. The Morgan fingerprint density at radius 3 is 2.33 bits per heavy atom.